The normalized spacial score (nSPS) is 10.9. The maximum atomic E-state index is 11.0. The van der Waals surface area contributed by atoms with Crippen LogP contribution in [0.15, 0.2) is 15.5 Å². The zero-order valence-electron chi connectivity index (χ0n) is 8.49. The summed E-state index contributed by atoms with van der Waals surface area (Å²) in [5, 5.41) is 3.75. The molecule has 6 nitrogen and oxygen atoms in total. The molecule has 0 saturated heterocycles. The number of anilines is 1. The Morgan fingerprint density at radius 3 is 2.71 bits per heavy atom. The van der Waals surface area contributed by atoms with Gasteiger partial charge in [-0.15, -0.1) is 0 Å². The van der Waals surface area contributed by atoms with Crippen LogP contribution >= 0.6 is 0 Å². The molecule has 14 heavy (non-hydrogen) atoms. The van der Waals surface area contributed by atoms with Gasteiger partial charge in [-0.05, 0) is 27.1 Å². The Balaban J connectivity index is 2.40. The van der Waals surface area contributed by atoms with Crippen molar-refractivity contribution in [2.75, 3.05) is 32.2 Å². The molecule has 0 bridgehead atoms. The van der Waals surface area contributed by atoms with Crippen LogP contribution in [0.2, 0.25) is 0 Å². The van der Waals surface area contributed by atoms with E-state index < -0.39 is 5.63 Å². The first-order valence-electron chi connectivity index (χ1n) is 4.45. The number of H-pyrrole nitrogens is 1. The van der Waals surface area contributed by atoms with Gasteiger partial charge in [0.15, 0.2) is 5.69 Å². The monoisotopic (exact) mass is 200 g/mol. The van der Waals surface area contributed by atoms with E-state index in [4.69, 9.17) is 5.84 Å². The lowest BCUT2D eigenvalue weighted by atomic mass is 10.4. The van der Waals surface area contributed by atoms with Gasteiger partial charge in [0.1, 0.15) is 0 Å². The zero-order valence-corrected chi connectivity index (χ0v) is 8.49. The lowest BCUT2D eigenvalue weighted by molar-refractivity contribution is 0.390. The van der Waals surface area contributed by atoms with Crippen molar-refractivity contribution in [1.82, 2.24) is 10.1 Å². The molecule has 0 spiro atoms. The Morgan fingerprint density at radius 2 is 2.21 bits per heavy atom. The summed E-state index contributed by atoms with van der Waals surface area (Å²) < 4.78 is 4.50. The number of aromatic amines is 1. The predicted octanol–water partition coefficient (Wildman–Crippen LogP) is -0.400. The minimum absolute atomic E-state index is 0.365. The van der Waals surface area contributed by atoms with Crippen LogP contribution in [0.4, 0.5) is 5.69 Å². The van der Waals surface area contributed by atoms with Gasteiger partial charge in [0.25, 0.3) is 0 Å². The van der Waals surface area contributed by atoms with Gasteiger partial charge in [-0.2, -0.15) is 0 Å². The highest BCUT2D eigenvalue weighted by Gasteiger charge is 2.08. The number of nitrogens with zero attached hydrogens (tertiary/aromatic N) is 2. The van der Waals surface area contributed by atoms with E-state index in [1.165, 1.54) is 11.2 Å². The number of rotatable bonds is 5. The molecule has 6 heteroatoms. The summed E-state index contributed by atoms with van der Waals surface area (Å²) in [6.07, 6.45) is 2.35. The van der Waals surface area contributed by atoms with E-state index >= 15 is 0 Å². The van der Waals surface area contributed by atoms with E-state index in [1.54, 1.807) is 0 Å². The van der Waals surface area contributed by atoms with Crippen molar-refractivity contribution in [3.05, 3.63) is 16.6 Å². The van der Waals surface area contributed by atoms with Crippen molar-refractivity contribution >= 4 is 5.69 Å². The molecule has 0 radical (unpaired) electrons. The Kier molecular flexibility index (Phi) is 3.73. The first-order chi connectivity index (χ1) is 6.61. The van der Waals surface area contributed by atoms with Gasteiger partial charge in [0.05, 0.1) is 6.20 Å². The average Bonchev–Trinajstić information content (AvgIpc) is 2.50. The molecule has 0 amide bonds. The molecular formula is C8H16N4O2. The van der Waals surface area contributed by atoms with Crippen LogP contribution in [-0.4, -0.2) is 37.2 Å². The highest BCUT2D eigenvalue weighted by molar-refractivity contribution is 5.38. The van der Waals surface area contributed by atoms with Gasteiger partial charge in [0, 0.05) is 6.54 Å². The highest BCUT2D eigenvalue weighted by Crippen LogP contribution is 2.01. The minimum Gasteiger partial charge on any atom is -0.337 e. The quantitative estimate of drug-likeness (QED) is 0.499. The smallest absolute Gasteiger partial charge is 0.337 e. The van der Waals surface area contributed by atoms with E-state index in [2.05, 4.69) is 14.6 Å². The molecule has 0 atom stereocenters. The maximum Gasteiger partial charge on any atom is 0.381 e. The largest absolute Gasteiger partial charge is 0.381 e. The molecule has 0 unspecified atom stereocenters. The number of nitrogens with two attached hydrogens (primary N) is 1. The van der Waals surface area contributed by atoms with E-state index in [0.29, 0.717) is 12.2 Å². The highest BCUT2D eigenvalue weighted by atomic mass is 16.5. The maximum absolute atomic E-state index is 11.0. The summed E-state index contributed by atoms with van der Waals surface area (Å²) in [7, 11) is 3.98. The predicted molar refractivity (Wildman–Crippen MR) is 54.0 cm³/mol. The molecule has 80 valence electrons. The molecular weight excluding hydrogens is 184 g/mol. The molecule has 0 aliphatic carbocycles. The molecule has 3 N–H and O–H groups in total. The second-order valence-electron chi connectivity index (χ2n) is 3.39. The Morgan fingerprint density at radius 1 is 1.50 bits per heavy atom. The van der Waals surface area contributed by atoms with Crippen LogP contribution in [0.3, 0.4) is 0 Å². The average molecular weight is 200 g/mol. The first-order valence-corrected chi connectivity index (χ1v) is 4.45. The van der Waals surface area contributed by atoms with Gasteiger partial charge in [0.2, 0.25) is 0 Å². The number of nitrogens with one attached hydrogen (secondary N) is 1. The third-order valence-electron chi connectivity index (χ3n) is 1.87. The molecule has 0 aliphatic heterocycles. The molecule has 0 aliphatic rings. The van der Waals surface area contributed by atoms with E-state index in [0.717, 1.165) is 13.0 Å². The van der Waals surface area contributed by atoms with Gasteiger partial charge >= 0.3 is 5.63 Å². The summed E-state index contributed by atoms with van der Waals surface area (Å²) in [6.45, 7) is 1.56. The first kappa shape index (κ1) is 10.8. The second kappa shape index (κ2) is 4.83. The lowest BCUT2D eigenvalue weighted by Crippen LogP contribution is -2.35. The molecule has 1 heterocycles. The molecule has 1 aromatic rings. The summed E-state index contributed by atoms with van der Waals surface area (Å²) in [6, 6.07) is 0. The van der Waals surface area contributed by atoms with Gasteiger partial charge in [-0.25, -0.2) is 15.8 Å². The summed E-state index contributed by atoms with van der Waals surface area (Å²) >= 11 is 0. The fourth-order valence-electron chi connectivity index (χ4n) is 1.13. The van der Waals surface area contributed by atoms with Gasteiger partial charge in [-0.1, -0.05) is 0 Å². The van der Waals surface area contributed by atoms with Crippen LogP contribution in [0, 0.1) is 0 Å². The number of hydrazine groups is 1. The Labute approximate surface area is 82.2 Å². The Hall–Kier alpha value is -1.27. The van der Waals surface area contributed by atoms with E-state index in [1.807, 2.05) is 14.1 Å². The second-order valence-corrected chi connectivity index (χ2v) is 3.39. The molecule has 1 aromatic heterocycles. The number of hydrogen-bond acceptors (Lipinski definition) is 5. The fraction of sp³-hybridized carbons (Fsp3) is 0.625. The standard InChI is InChI=1S/C8H16N4O2/c1-11(2)4-3-5-12(9)7-6-10-14-8(7)13/h6,10H,3-5,9H2,1-2H3. The van der Waals surface area contributed by atoms with E-state index in [9.17, 15) is 4.79 Å². The zero-order chi connectivity index (χ0) is 10.6. The molecule has 0 fully saturated rings. The van der Waals surface area contributed by atoms with Gasteiger partial charge in [-0.3, -0.25) is 0 Å². The van der Waals surface area contributed by atoms with Crippen molar-refractivity contribution in [3.63, 3.8) is 0 Å². The minimum atomic E-state index is -0.433. The van der Waals surface area contributed by atoms with Crippen molar-refractivity contribution in [2.24, 2.45) is 5.84 Å². The van der Waals surface area contributed by atoms with Crippen molar-refractivity contribution < 1.29 is 4.52 Å². The van der Waals surface area contributed by atoms with Crippen LogP contribution in [-0.2, 0) is 0 Å². The van der Waals surface area contributed by atoms with Crippen LogP contribution in [0.1, 0.15) is 6.42 Å². The number of hydrogen-bond donors (Lipinski definition) is 2. The molecule has 0 aromatic carbocycles. The van der Waals surface area contributed by atoms with Crippen molar-refractivity contribution in [2.45, 2.75) is 6.42 Å². The van der Waals surface area contributed by atoms with Crippen LogP contribution < -0.4 is 16.5 Å². The third-order valence-corrected chi connectivity index (χ3v) is 1.87. The third kappa shape index (κ3) is 2.90. The van der Waals surface area contributed by atoms with Crippen molar-refractivity contribution in [3.8, 4) is 0 Å². The Bertz CT molecular complexity index is 317. The summed E-state index contributed by atoms with van der Waals surface area (Å²) in [4.78, 5) is 13.1. The summed E-state index contributed by atoms with van der Waals surface area (Å²) in [5.41, 5.74) is -0.0684. The number of aromatic nitrogens is 1. The van der Waals surface area contributed by atoms with Gasteiger partial charge < -0.3 is 14.4 Å². The fourth-order valence-corrected chi connectivity index (χ4v) is 1.13. The topological polar surface area (TPSA) is 78.5 Å². The van der Waals surface area contributed by atoms with Crippen LogP contribution in [0.25, 0.3) is 0 Å². The SMILES string of the molecule is CN(C)CCCN(N)c1c[nH]oc1=O. The lowest BCUT2D eigenvalue weighted by Gasteiger charge is -2.16. The summed E-state index contributed by atoms with van der Waals surface area (Å²) in [5.74, 6) is 5.66. The molecule has 0 saturated carbocycles. The molecule has 1 rings (SSSR count). The van der Waals surface area contributed by atoms with E-state index in [-0.39, 0.29) is 0 Å². The van der Waals surface area contributed by atoms with Crippen LogP contribution in [0.5, 0.6) is 0 Å². The van der Waals surface area contributed by atoms with Crippen molar-refractivity contribution in [1.29, 1.82) is 0 Å².